The molecule has 0 aliphatic carbocycles. The van der Waals surface area contributed by atoms with Gasteiger partial charge in [0.05, 0.1) is 5.56 Å². The lowest BCUT2D eigenvalue weighted by Gasteiger charge is -2.28. The number of anilines is 1. The van der Waals surface area contributed by atoms with Crippen molar-refractivity contribution in [2.24, 2.45) is 0 Å². The molecule has 0 aliphatic rings. The van der Waals surface area contributed by atoms with Gasteiger partial charge in [0.25, 0.3) is 5.91 Å². The number of carbonyl (C=O) groups excluding carboxylic acids is 1. The van der Waals surface area contributed by atoms with E-state index in [1.54, 1.807) is 17.2 Å². The lowest BCUT2D eigenvalue weighted by molar-refractivity contribution is -0.138. The number of rotatable bonds is 7. The summed E-state index contributed by atoms with van der Waals surface area (Å²) in [6.45, 7) is 4.39. The van der Waals surface area contributed by atoms with Gasteiger partial charge >= 0.3 is 6.18 Å². The molecular weight excluding hydrogens is 407 g/mol. The molecule has 0 bridgehead atoms. The Kier molecular flexibility index (Phi) is 6.84. The number of nitrogens with zero attached hydrogens (tertiary/aromatic N) is 4. The minimum atomic E-state index is -4.49. The summed E-state index contributed by atoms with van der Waals surface area (Å²) in [7, 11) is 0. The van der Waals surface area contributed by atoms with Crippen LogP contribution >= 0.6 is 0 Å². The summed E-state index contributed by atoms with van der Waals surface area (Å²) in [5, 5.41) is 2.89. The van der Waals surface area contributed by atoms with Crippen molar-refractivity contribution in [1.82, 2.24) is 19.9 Å². The average molecular weight is 429 g/mol. The van der Waals surface area contributed by atoms with Gasteiger partial charge in [-0.2, -0.15) is 13.2 Å². The predicted molar refractivity (Wildman–Crippen MR) is 111 cm³/mol. The van der Waals surface area contributed by atoms with E-state index in [0.717, 1.165) is 23.5 Å². The molecule has 31 heavy (non-hydrogen) atoms. The van der Waals surface area contributed by atoms with Crippen LogP contribution in [-0.4, -0.2) is 44.9 Å². The van der Waals surface area contributed by atoms with Crippen molar-refractivity contribution in [3.05, 3.63) is 72.3 Å². The molecule has 1 N–H and O–H groups in total. The number of halogens is 3. The van der Waals surface area contributed by atoms with Crippen LogP contribution in [0, 0.1) is 0 Å². The molecular formula is C22H22F3N5O. The number of hydrogen-bond acceptors (Lipinski definition) is 5. The van der Waals surface area contributed by atoms with Crippen LogP contribution in [0.2, 0.25) is 0 Å². The first-order valence-electron chi connectivity index (χ1n) is 9.75. The fourth-order valence-electron chi connectivity index (χ4n) is 3.13. The van der Waals surface area contributed by atoms with Gasteiger partial charge in [-0.1, -0.05) is 36.4 Å². The van der Waals surface area contributed by atoms with Crippen molar-refractivity contribution in [3.63, 3.8) is 0 Å². The molecule has 0 aliphatic heterocycles. The number of amides is 1. The van der Waals surface area contributed by atoms with E-state index in [2.05, 4.69) is 20.3 Å². The van der Waals surface area contributed by atoms with Crippen molar-refractivity contribution in [1.29, 1.82) is 0 Å². The summed E-state index contributed by atoms with van der Waals surface area (Å²) in [6, 6.07) is 12.9. The van der Waals surface area contributed by atoms with Gasteiger partial charge in [0, 0.05) is 43.3 Å². The SMILES string of the molecule is CCN(C(=O)c1ncccc1-c1ccccc1)[C@@H](C)CNc1ncc(C(F)(F)F)cn1. The topological polar surface area (TPSA) is 71.0 Å². The third-order valence-corrected chi connectivity index (χ3v) is 4.76. The van der Waals surface area contributed by atoms with Crippen molar-refractivity contribution in [3.8, 4) is 11.1 Å². The Morgan fingerprint density at radius 2 is 1.74 bits per heavy atom. The van der Waals surface area contributed by atoms with E-state index >= 15 is 0 Å². The van der Waals surface area contributed by atoms with Gasteiger partial charge in [0.15, 0.2) is 0 Å². The molecule has 1 aromatic carbocycles. The van der Waals surface area contributed by atoms with Crippen molar-refractivity contribution in [2.75, 3.05) is 18.4 Å². The van der Waals surface area contributed by atoms with Gasteiger partial charge in [-0.25, -0.2) is 9.97 Å². The van der Waals surface area contributed by atoms with Crippen LogP contribution in [0.1, 0.15) is 29.9 Å². The second-order valence-corrected chi connectivity index (χ2v) is 6.88. The molecule has 3 aromatic rings. The molecule has 3 rings (SSSR count). The normalized spacial score (nSPS) is 12.3. The summed E-state index contributed by atoms with van der Waals surface area (Å²) in [4.78, 5) is 26.6. The first kappa shape index (κ1) is 22.2. The Hall–Kier alpha value is -3.49. The zero-order valence-corrected chi connectivity index (χ0v) is 17.1. The van der Waals surface area contributed by atoms with Crippen molar-refractivity contribution < 1.29 is 18.0 Å². The number of benzene rings is 1. The van der Waals surface area contributed by atoms with Crippen LogP contribution < -0.4 is 5.32 Å². The van der Waals surface area contributed by atoms with Gasteiger partial charge in [-0.15, -0.1) is 0 Å². The maximum atomic E-state index is 13.3. The third kappa shape index (κ3) is 5.36. The maximum Gasteiger partial charge on any atom is 0.419 e. The first-order valence-corrected chi connectivity index (χ1v) is 9.75. The molecule has 0 fully saturated rings. The molecule has 1 atom stereocenters. The second-order valence-electron chi connectivity index (χ2n) is 6.88. The number of hydrogen-bond donors (Lipinski definition) is 1. The van der Waals surface area contributed by atoms with E-state index < -0.39 is 11.7 Å². The second kappa shape index (κ2) is 9.55. The molecule has 6 nitrogen and oxygen atoms in total. The number of pyridine rings is 1. The minimum Gasteiger partial charge on any atom is -0.352 e. The number of aromatic nitrogens is 3. The lowest BCUT2D eigenvalue weighted by Crippen LogP contribution is -2.42. The molecule has 0 saturated heterocycles. The van der Waals surface area contributed by atoms with Gasteiger partial charge < -0.3 is 10.2 Å². The molecule has 2 aromatic heterocycles. The summed E-state index contributed by atoms with van der Waals surface area (Å²) >= 11 is 0. The standard InChI is InChI=1S/C22H22F3N5O/c1-3-30(15(2)12-27-21-28-13-17(14-29-21)22(23,24)25)20(31)19-18(10-7-11-26-19)16-8-5-4-6-9-16/h4-11,13-15H,3,12H2,1-2H3,(H,27,28,29)/t15-/m0/s1. The molecule has 0 radical (unpaired) electrons. The van der Waals surface area contributed by atoms with Crippen molar-refractivity contribution >= 4 is 11.9 Å². The number of alkyl halides is 3. The summed E-state index contributed by atoms with van der Waals surface area (Å²) in [5.74, 6) is -0.171. The third-order valence-electron chi connectivity index (χ3n) is 4.76. The smallest absolute Gasteiger partial charge is 0.352 e. The monoisotopic (exact) mass is 429 g/mol. The quantitative estimate of drug-likeness (QED) is 0.598. The van der Waals surface area contributed by atoms with E-state index in [1.165, 1.54) is 0 Å². The highest BCUT2D eigenvalue weighted by molar-refractivity contribution is 5.99. The van der Waals surface area contributed by atoms with Crippen LogP contribution in [0.5, 0.6) is 0 Å². The first-order chi connectivity index (χ1) is 14.8. The fraction of sp³-hybridized carbons (Fsp3) is 0.273. The summed E-state index contributed by atoms with van der Waals surface area (Å²) < 4.78 is 37.9. The molecule has 2 heterocycles. The molecule has 0 saturated carbocycles. The zero-order chi connectivity index (χ0) is 22.4. The Balaban J connectivity index is 1.73. The number of nitrogens with one attached hydrogen (secondary N) is 1. The Morgan fingerprint density at radius 1 is 1.06 bits per heavy atom. The van der Waals surface area contributed by atoms with Crippen molar-refractivity contribution in [2.45, 2.75) is 26.1 Å². The fourth-order valence-corrected chi connectivity index (χ4v) is 3.13. The molecule has 9 heteroatoms. The highest BCUT2D eigenvalue weighted by atomic mass is 19.4. The van der Waals surface area contributed by atoms with Gasteiger partial charge in [0.1, 0.15) is 5.69 Å². The Bertz CT molecular complexity index is 1010. The molecule has 1 amide bonds. The van der Waals surface area contributed by atoms with Crippen LogP contribution in [0.3, 0.4) is 0 Å². The van der Waals surface area contributed by atoms with Crippen LogP contribution in [0.25, 0.3) is 11.1 Å². The Morgan fingerprint density at radius 3 is 2.35 bits per heavy atom. The minimum absolute atomic E-state index is 0.0613. The van der Waals surface area contributed by atoms with E-state index in [4.69, 9.17) is 0 Å². The summed E-state index contributed by atoms with van der Waals surface area (Å²) in [5.41, 5.74) is 1.05. The predicted octanol–water partition coefficient (Wildman–Crippen LogP) is 4.52. The Labute approximate surface area is 178 Å². The number of likely N-dealkylation sites (N-methyl/N-ethyl adjacent to an activating group) is 1. The highest BCUT2D eigenvalue weighted by Gasteiger charge is 2.31. The van der Waals surface area contributed by atoms with Crippen LogP contribution in [-0.2, 0) is 6.18 Å². The molecule has 0 spiro atoms. The maximum absolute atomic E-state index is 13.3. The number of carbonyl (C=O) groups is 1. The van der Waals surface area contributed by atoms with Gasteiger partial charge in [0.2, 0.25) is 5.95 Å². The largest absolute Gasteiger partial charge is 0.419 e. The van der Waals surface area contributed by atoms with E-state index in [9.17, 15) is 18.0 Å². The lowest BCUT2D eigenvalue weighted by atomic mass is 10.0. The van der Waals surface area contributed by atoms with Gasteiger partial charge in [-0.3, -0.25) is 9.78 Å². The van der Waals surface area contributed by atoms with E-state index in [0.29, 0.717) is 12.2 Å². The van der Waals surface area contributed by atoms with E-state index in [1.807, 2.05) is 50.2 Å². The van der Waals surface area contributed by atoms with Crippen LogP contribution in [0.4, 0.5) is 19.1 Å². The van der Waals surface area contributed by atoms with Crippen LogP contribution in [0.15, 0.2) is 61.1 Å². The summed E-state index contributed by atoms with van der Waals surface area (Å²) in [6.07, 6.45) is -1.46. The highest BCUT2D eigenvalue weighted by Crippen LogP contribution is 2.28. The van der Waals surface area contributed by atoms with E-state index in [-0.39, 0.29) is 24.4 Å². The van der Waals surface area contributed by atoms with Gasteiger partial charge in [-0.05, 0) is 25.5 Å². The molecule has 162 valence electrons. The zero-order valence-electron chi connectivity index (χ0n) is 17.1. The average Bonchev–Trinajstić information content (AvgIpc) is 2.78. The molecule has 0 unspecified atom stereocenters.